The summed E-state index contributed by atoms with van der Waals surface area (Å²) in [5, 5.41) is 0.608. The minimum Gasteiger partial charge on any atom is -0.495 e. The van der Waals surface area contributed by atoms with Gasteiger partial charge in [0.2, 0.25) is 0 Å². The third-order valence-electron chi connectivity index (χ3n) is 5.39. The molecule has 0 saturated heterocycles. The van der Waals surface area contributed by atoms with Crippen LogP contribution < -0.4 is 0 Å². The zero-order valence-corrected chi connectivity index (χ0v) is 18.8. The molecule has 2 aliphatic rings. The highest BCUT2D eigenvalue weighted by Gasteiger charge is 2.22. The SMILES string of the molecule is COC1=C(c2nc(C3=CCCC=C3)nc(-c3ccccc3)n2)C=C=C=C1c1ccccc1Cl. The van der Waals surface area contributed by atoms with E-state index in [4.69, 9.17) is 31.3 Å². The van der Waals surface area contributed by atoms with Crippen LogP contribution in [-0.4, -0.2) is 22.1 Å². The van der Waals surface area contributed by atoms with Crippen LogP contribution >= 0.6 is 11.6 Å². The van der Waals surface area contributed by atoms with E-state index in [2.05, 4.69) is 29.7 Å². The summed E-state index contributed by atoms with van der Waals surface area (Å²) in [5.74, 6) is 2.33. The monoisotopic (exact) mass is 449 g/mol. The van der Waals surface area contributed by atoms with Crippen molar-refractivity contribution in [3.8, 4) is 11.4 Å². The number of aromatic nitrogens is 3. The van der Waals surface area contributed by atoms with Gasteiger partial charge in [0.15, 0.2) is 17.5 Å². The van der Waals surface area contributed by atoms with Gasteiger partial charge in [0.05, 0.1) is 18.3 Å². The van der Waals surface area contributed by atoms with Crippen LogP contribution in [0.3, 0.4) is 0 Å². The van der Waals surface area contributed by atoms with Gasteiger partial charge in [-0.25, -0.2) is 15.0 Å². The first-order valence-corrected chi connectivity index (χ1v) is 11.1. The van der Waals surface area contributed by atoms with Gasteiger partial charge in [0, 0.05) is 27.8 Å². The molecule has 0 saturated carbocycles. The lowest BCUT2D eigenvalue weighted by molar-refractivity contribution is 0.313. The number of hydrogen-bond acceptors (Lipinski definition) is 4. The van der Waals surface area contributed by atoms with Crippen LogP contribution in [-0.2, 0) is 4.74 Å². The standard InChI is InChI=1S/C28H20ClN3O/c1-33-25-22(21-15-8-9-18-24(21)29)16-10-17-23(25)28-31-26(19-11-4-2-5-12-19)30-27(32-28)20-13-6-3-7-14-20/h2,4-6,8-9,11-15,17-18H,3,7H2,1H3. The molecule has 1 heterocycles. The highest BCUT2D eigenvalue weighted by molar-refractivity contribution is 6.32. The number of halogens is 1. The molecule has 1 aromatic heterocycles. The van der Waals surface area contributed by atoms with Crippen molar-refractivity contribution in [2.45, 2.75) is 12.8 Å². The molecule has 5 heteroatoms. The summed E-state index contributed by atoms with van der Waals surface area (Å²) >= 11 is 6.47. The topological polar surface area (TPSA) is 47.9 Å². The summed E-state index contributed by atoms with van der Waals surface area (Å²) in [5.41, 5.74) is 10.4. The Hall–Kier alpha value is -3.94. The molecule has 0 aliphatic heterocycles. The second kappa shape index (κ2) is 9.28. The number of hydrogen-bond donors (Lipinski definition) is 0. The number of benzene rings is 2. The lowest BCUT2D eigenvalue weighted by Crippen LogP contribution is -2.07. The maximum Gasteiger partial charge on any atom is 0.168 e. The van der Waals surface area contributed by atoms with Crippen LogP contribution in [0.15, 0.2) is 96.1 Å². The Bertz CT molecular complexity index is 1420. The first-order valence-electron chi connectivity index (χ1n) is 10.7. The number of methoxy groups -OCH3 is 1. The summed E-state index contributed by atoms with van der Waals surface area (Å²) in [6.45, 7) is 0. The molecule has 33 heavy (non-hydrogen) atoms. The summed E-state index contributed by atoms with van der Waals surface area (Å²) < 4.78 is 5.83. The van der Waals surface area contributed by atoms with Crippen LogP contribution in [0.25, 0.3) is 28.1 Å². The van der Waals surface area contributed by atoms with E-state index >= 15 is 0 Å². The summed E-state index contributed by atoms with van der Waals surface area (Å²) in [6.07, 6.45) is 10.1. The van der Waals surface area contributed by atoms with Gasteiger partial charge in [-0.3, -0.25) is 0 Å². The summed E-state index contributed by atoms with van der Waals surface area (Å²) in [7, 11) is 1.62. The smallest absolute Gasteiger partial charge is 0.168 e. The fourth-order valence-corrected chi connectivity index (χ4v) is 4.02. The average Bonchev–Trinajstić information content (AvgIpc) is 2.89. The molecule has 4 nitrogen and oxygen atoms in total. The van der Waals surface area contributed by atoms with Crippen molar-refractivity contribution in [2.24, 2.45) is 0 Å². The first-order chi connectivity index (χ1) is 16.2. The highest BCUT2D eigenvalue weighted by atomic mass is 35.5. The van der Waals surface area contributed by atoms with Gasteiger partial charge in [-0.1, -0.05) is 89.8 Å². The van der Waals surface area contributed by atoms with Gasteiger partial charge in [-0.15, -0.1) is 0 Å². The average molecular weight is 450 g/mol. The van der Waals surface area contributed by atoms with Gasteiger partial charge >= 0.3 is 0 Å². The molecule has 2 aromatic carbocycles. The zero-order chi connectivity index (χ0) is 22.6. The Labute approximate surface area is 197 Å². The van der Waals surface area contributed by atoms with Gasteiger partial charge in [-0.05, 0) is 18.9 Å². The molecule has 0 fully saturated rings. The molecular weight excluding hydrogens is 430 g/mol. The predicted octanol–water partition coefficient (Wildman–Crippen LogP) is 6.69. The number of nitrogens with zero attached hydrogens (tertiary/aromatic N) is 3. The maximum absolute atomic E-state index is 6.47. The molecule has 3 aromatic rings. The quantitative estimate of drug-likeness (QED) is 0.407. The molecular formula is C28H20ClN3O. The van der Waals surface area contributed by atoms with Crippen LogP contribution in [0.5, 0.6) is 0 Å². The Balaban J connectivity index is 1.70. The molecule has 160 valence electrons. The summed E-state index contributed by atoms with van der Waals surface area (Å²) in [6, 6.07) is 17.5. The zero-order valence-electron chi connectivity index (χ0n) is 18.0. The van der Waals surface area contributed by atoms with E-state index in [9.17, 15) is 0 Å². The van der Waals surface area contributed by atoms with Crippen LogP contribution in [0.2, 0.25) is 5.02 Å². The van der Waals surface area contributed by atoms with Crippen LogP contribution in [0, 0.1) is 0 Å². The van der Waals surface area contributed by atoms with E-state index in [-0.39, 0.29) is 0 Å². The molecule has 2 aliphatic carbocycles. The molecule has 0 radical (unpaired) electrons. The number of rotatable bonds is 5. The minimum absolute atomic E-state index is 0.508. The van der Waals surface area contributed by atoms with Crippen molar-refractivity contribution in [3.05, 3.63) is 118 Å². The Morgan fingerprint density at radius 1 is 0.879 bits per heavy atom. The van der Waals surface area contributed by atoms with Gasteiger partial charge in [0.1, 0.15) is 5.76 Å². The van der Waals surface area contributed by atoms with E-state index in [1.807, 2.05) is 54.6 Å². The van der Waals surface area contributed by atoms with Crippen molar-refractivity contribution in [2.75, 3.05) is 7.11 Å². The highest BCUT2D eigenvalue weighted by Crippen LogP contribution is 2.35. The van der Waals surface area contributed by atoms with E-state index in [0.717, 1.165) is 29.5 Å². The Kier molecular flexibility index (Phi) is 5.89. The lowest BCUT2D eigenvalue weighted by atomic mass is 9.98. The molecule has 0 amide bonds. The number of ether oxygens (including phenoxy) is 1. The van der Waals surface area contributed by atoms with Crippen molar-refractivity contribution >= 4 is 28.3 Å². The number of allylic oxidation sites excluding steroid dienone is 7. The van der Waals surface area contributed by atoms with E-state index in [1.54, 1.807) is 13.2 Å². The molecule has 5 rings (SSSR count). The van der Waals surface area contributed by atoms with Crippen molar-refractivity contribution < 1.29 is 4.74 Å². The third-order valence-corrected chi connectivity index (χ3v) is 5.72. The Morgan fingerprint density at radius 2 is 1.64 bits per heavy atom. The van der Waals surface area contributed by atoms with Crippen LogP contribution in [0.4, 0.5) is 0 Å². The van der Waals surface area contributed by atoms with Crippen molar-refractivity contribution in [3.63, 3.8) is 0 Å². The summed E-state index contributed by atoms with van der Waals surface area (Å²) in [4.78, 5) is 14.4. The van der Waals surface area contributed by atoms with E-state index < -0.39 is 0 Å². The van der Waals surface area contributed by atoms with Gasteiger partial charge < -0.3 is 4.74 Å². The fourth-order valence-electron chi connectivity index (χ4n) is 3.79. The molecule has 0 N–H and O–H groups in total. The largest absolute Gasteiger partial charge is 0.495 e. The molecule has 0 unspecified atom stereocenters. The third kappa shape index (κ3) is 4.24. The first kappa shape index (κ1) is 20.9. The molecule has 0 atom stereocenters. The van der Waals surface area contributed by atoms with Gasteiger partial charge in [0.25, 0.3) is 0 Å². The Morgan fingerprint density at radius 3 is 2.39 bits per heavy atom. The second-order valence-electron chi connectivity index (χ2n) is 7.53. The predicted molar refractivity (Wildman–Crippen MR) is 132 cm³/mol. The normalized spacial score (nSPS) is 14.8. The van der Waals surface area contributed by atoms with E-state index in [1.165, 1.54) is 0 Å². The van der Waals surface area contributed by atoms with Gasteiger partial charge in [-0.2, -0.15) is 0 Å². The van der Waals surface area contributed by atoms with E-state index in [0.29, 0.717) is 39.4 Å². The fraction of sp³-hybridized carbons (Fsp3) is 0.107. The lowest BCUT2D eigenvalue weighted by Gasteiger charge is -2.16. The van der Waals surface area contributed by atoms with Crippen molar-refractivity contribution in [1.29, 1.82) is 0 Å². The second-order valence-corrected chi connectivity index (χ2v) is 7.93. The van der Waals surface area contributed by atoms with Crippen molar-refractivity contribution in [1.82, 2.24) is 15.0 Å². The minimum atomic E-state index is 0.508. The maximum atomic E-state index is 6.47. The van der Waals surface area contributed by atoms with Crippen LogP contribution in [0.1, 0.15) is 30.1 Å². The molecule has 0 bridgehead atoms. The molecule has 0 spiro atoms.